The lowest BCUT2D eigenvalue weighted by atomic mass is 9.82. The number of hydrogen-bond acceptors (Lipinski definition) is 4. The molecule has 1 saturated carbocycles. The Bertz CT molecular complexity index is 537. The SMILES string of the molecule is Nc1ncnn2c(C3CC(=O)C3)ccc12. The topological polar surface area (TPSA) is 73.3 Å². The molecule has 0 aliphatic heterocycles. The summed E-state index contributed by atoms with van der Waals surface area (Å²) in [5.74, 6) is 1.09. The highest BCUT2D eigenvalue weighted by Gasteiger charge is 2.30. The van der Waals surface area contributed by atoms with E-state index >= 15 is 0 Å². The highest BCUT2D eigenvalue weighted by atomic mass is 16.1. The molecule has 0 bridgehead atoms. The second kappa shape index (κ2) is 2.79. The summed E-state index contributed by atoms with van der Waals surface area (Å²) in [7, 11) is 0. The first kappa shape index (κ1) is 8.40. The van der Waals surface area contributed by atoms with E-state index in [4.69, 9.17) is 5.73 Å². The minimum atomic E-state index is 0.300. The zero-order valence-corrected chi connectivity index (χ0v) is 8.05. The van der Waals surface area contributed by atoms with Crippen molar-refractivity contribution in [1.82, 2.24) is 14.6 Å². The zero-order valence-electron chi connectivity index (χ0n) is 8.05. The van der Waals surface area contributed by atoms with Gasteiger partial charge in [-0.15, -0.1) is 0 Å². The van der Waals surface area contributed by atoms with Crippen molar-refractivity contribution in [1.29, 1.82) is 0 Å². The quantitative estimate of drug-likeness (QED) is 0.740. The Morgan fingerprint density at radius 1 is 1.40 bits per heavy atom. The number of nitrogens with zero attached hydrogens (tertiary/aromatic N) is 3. The van der Waals surface area contributed by atoms with E-state index in [2.05, 4.69) is 10.1 Å². The van der Waals surface area contributed by atoms with E-state index in [0.29, 0.717) is 30.4 Å². The second-order valence-corrected chi connectivity index (χ2v) is 3.84. The Kier molecular flexibility index (Phi) is 1.56. The molecule has 2 aromatic rings. The maximum Gasteiger partial charge on any atom is 0.151 e. The lowest BCUT2D eigenvalue weighted by Crippen LogP contribution is -2.22. The lowest BCUT2D eigenvalue weighted by molar-refractivity contribution is -0.124. The Hall–Kier alpha value is -1.91. The van der Waals surface area contributed by atoms with Gasteiger partial charge >= 0.3 is 0 Å². The van der Waals surface area contributed by atoms with Crippen LogP contribution in [0.3, 0.4) is 0 Å². The van der Waals surface area contributed by atoms with E-state index in [9.17, 15) is 4.79 Å². The van der Waals surface area contributed by atoms with Gasteiger partial charge in [0, 0.05) is 24.5 Å². The van der Waals surface area contributed by atoms with Crippen molar-refractivity contribution in [3.05, 3.63) is 24.2 Å². The van der Waals surface area contributed by atoms with Gasteiger partial charge in [-0.2, -0.15) is 5.10 Å². The van der Waals surface area contributed by atoms with E-state index in [-0.39, 0.29) is 0 Å². The largest absolute Gasteiger partial charge is 0.382 e. The molecule has 1 aliphatic carbocycles. The highest BCUT2D eigenvalue weighted by Crippen LogP contribution is 2.34. The molecule has 0 saturated heterocycles. The molecule has 0 aromatic carbocycles. The number of carbonyl (C=O) groups is 1. The summed E-state index contributed by atoms with van der Waals surface area (Å²) < 4.78 is 1.78. The fourth-order valence-corrected chi connectivity index (χ4v) is 1.98. The van der Waals surface area contributed by atoms with Crippen molar-refractivity contribution in [2.75, 3.05) is 5.73 Å². The predicted molar refractivity (Wildman–Crippen MR) is 54.4 cm³/mol. The van der Waals surface area contributed by atoms with Gasteiger partial charge in [0.05, 0.1) is 0 Å². The van der Waals surface area contributed by atoms with Gasteiger partial charge in [-0.25, -0.2) is 9.50 Å². The third kappa shape index (κ3) is 1.12. The van der Waals surface area contributed by atoms with E-state index in [1.807, 2.05) is 12.1 Å². The first-order valence-electron chi connectivity index (χ1n) is 4.85. The van der Waals surface area contributed by atoms with E-state index in [1.165, 1.54) is 6.33 Å². The number of aromatic nitrogens is 3. The molecule has 0 radical (unpaired) electrons. The summed E-state index contributed by atoms with van der Waals surface area (Å²) in [6.07, 6.45) is 2.68. The summed E-state index contributed by atoms with van der Waals surface area (Å²) in [6.45, 7) is 0. The smallest absolute Gasteiger partial charge is 0.151 e. The van der Waals surface area contributed by atoms with Crippen LogP contribution < -0.4 is 5.73 Å². The molecule has 15 heavy (non-hydrogen) atoms. The number of fused-ring (bicyclic) bond motifs is 1. The van der Waals surface area contributed by atoms with Crippen molar-refractivity contribution >= 4 is 17.1 Å². The Morgan fingerprint density at radius 2 is 2.20 bits per heavy atom. The summed E-state index contributed by atoms with van der Waals surface area (Å²) in [5, 5.41) is 4.14. The van der Waals surface area contributed by atoms with Crippen molar-refractivity contribution in [2.45, 2.75) is 18.8 Å². The maximum absolute atomic E-state index is 10.9. The fraction of sp³-hybridized carbons (Fsp3) is 0.300. The first-order valence-corrected chi connectivity index (χ1v) is 4.85. The van der Waals surface area contributed by atoms with Crippen LogP contribution >= 0.6 is 0 Å². The van der Waals surface area contributed by atoms with Crippen molar-refractivity contribution in [3.8, 4) is 0 Å². The van der Waals surface area contributed by atoms with Crippen LogP contribution in [-0.2, 0) is 4.79 Å². The van der Waals surface area contributed by atoms with Crippen LogP contribution in [0, 0.1) is 0 Å². The third-order valence-corrected chi connectivity index (χ3v) is 2.88. The summed E-state index contributed by atoms with van der Waals surface area (Å²) in [5.41, 5.74) is 7.58. The van der Waals surface area contributed by atoms with Gasteiger partial charge in [-0.3, -0.25) is 4.79 Å². The van der Waals surface area contributed by atoms with Gasteiger partial charge < -0.3 is 5.73 Å². The van der Waals surface area contributed by atoms with Gasteiger partial charge in [0.15, 0.2) is 5.82 Å². The summed E-state index contributed by atoms with van der Waals surface area (Å²) in [4.78, 5) is 14.9. The van der Waals surface area contributed by atoms with Gasteiger partial charge in [-0.1, -0.05) is 0 Å². The average molecular weight is 202 g/mol. The Morgan fingerprint density at radius 3 is 2.93 bits per heavy atom. The second-order valence-electron chi connectivity index (χ2n) is 3.84. The molecule has 2 heterocycles. The van der Waals surface area contributed by atoms with Crippen molar-refractivity contribution in [3.63, 3.8) is 0 Å². The first-order chi connectivity index (χ1) is 7.25. The molecule has 0 amide bonds. The number of Topliss-reactive ketones (excluding diaryl/α,β-unsaturated/α-hetero) is 1. The fourth-order valence-electron chi connectivity index (χ4n) is 1.98. The number of nitrogen functional groups attached to an aromatic ring is 1. The average Bonchev–Trinajstić information content (AvgIpc) is 2.58. The minimum absolute atomic E-state index is 0.300. The Balaban J connectivity index is 2.12. The number of ketones is 1. The molecule has 3 rings (SSSR count). The van der Waals surface area contributed by atoms with E-state index < -0.39 is 0 Å². The van der Waals surface area contributed by atoms with Gasteiger partial charge in [0.1, 0.15) is 17.6 Å². The Labute approximate surface area is 85.9 Å². The molecule has 2 aromatic heterocycles. The monoisotopic (exact) mass is 202 g/mol. The molecule has 5 heteroatoms. The van der Waals surface area contributed by atoms with Crippen LogP contribution in [-0.4, -0.2) is 20.4 Å². The number of nitrogens with two attached hydrogens (primary N) is 1. The molecular weight excluding hydrogens is 192 g/mol. The molecule has 1 aliphatic rings. The molecule has 0 spiro atoms. The zero-order chi connectivity index (χ0) is 10.4. The van der Waals surface area contributed by atoms with E-state index in [0.717, 1.165) is 11.2 Å². The molecule has 76 valence electrons. The number of anilines is 1. The third-order valence-electron chi connectivity index (χ3n) is 2.88. The summed E-state index contributed by atoms with van der Waals surface area (Å²) in [6, 6.07) is 3.87. The number of carbonyl (C=O) groups excluding carboxylic acids is 1. The molecule has 2 N–H and O–H groups in total. The lowest BCUT2D eigenvalue weighted by Gasteiger charge is -2.23. The normalized spacial score (nSPS) is 16.9. The van der Waals surface area contributed by atoms with E-state index in [1.54, 1.807) is 4.52 Å². The highest BCUT2D eigenvalue weighted by molar-refractivity contribution is 5.86. The number of rotatable bonds is 1. The summed E-state index contributed by atoms with van der Waals surface area (Å²) >= 11 is 0. The van der Waals surface area contributed by atoms with Crippen LogP contribution in [0.2, 0.25) is 0 Å². The van der Waals surface area contributed by atoms with Crippen LogP contribution in [0.1, 0.15) is 24.5 Å². The van der Waals surface area contributed by atoms with Gasteiger partial charge in [-0.05, 0) is 12.1 Å². The molecule has 0 atom stereocenters. The standard InChI is InChI=1S/C10H10N4O/c11-10-9-2-1-8(6-3-7(15)4-6)14(9)13-5-12-10/h1-2,5-6H,3-4H2,(H2,11,12,13). The van der Waals surface area contributed by atoms with Gasteiger partial charge in [0.2, 0.25) is 0 Å². The minimum Gasteiger partial charge on any atom is -0.382 e. The van der Waals surface area contributed by atoms with Crippen molar-refractivity contribution < 1.29 is 4.79 Å². The van der Waals surface area contributed by atoms with Crippen LogP contribution in [0.4, 0.5) is 5.82 Å². The van der Waals surface area contributed by atoms with Crippen molar-refractivity contribution in [2.24, 2.45) is 0 Å². The van der Waals surface area contributed by atoms with Gasteiger partial charge in [0.25, 0.3) is 0 Å². The van der Waals surface area contributed by atoms with Crippen LogP contribution in [0.15, 0.2) is 18.5 Å². The molecular formula is C10H10N4O. The molecule has 0 unspecified atom stereocenters. The maximum atomic E-state index is 10.9. The van der Waals surface area contributed by atoms with Crippen LogP contribution in [0.25, 0.3) is 5.52 Å². The predicted octanol–water partition coefficient (Wildman–Crippen LogP) is 0.758. The number of hydrogen-bond donors (Lipinski definition) is 1. The molecule has 1 fully saturated rings. The molecule has 5 nitrogen and oxygen atoms in total. The van der Waals surface area contributed by atoms with Crippen LogP contribution in [0.5, 0.6) is 0 Å².